The van der Waals surface area contributed by atoms with Gasteiger partial charge in [-0.2, -0.15) is 0 Å². The van der Waals surface area contributed by atoms with Gasteiger partial charge in [-0.3, -0.25) is 14.4 Å². The van der Waals surface area contributed by atoms with E-state index in [-0.39, 0.29) is 24.1 Å². The van der Waals surface area contributed by atoms with Gasteiger partial charge in [-0.1, -0.05) is 0 Å². The summed E-state index contributed by atoms with van der Waals surface area (Å²) in [7, 11) is 0. The van der Waals surface area contributed by atoms with Crippen LogP contribution in [0.3, 0.4) is 0 Å². The average Bonchev–Trinajstić information content (AvgIpc) is 2.96. The highest BCUT2D eigenvalue weighted by Gasteiger charge is 2.51. The van der Waals surface area contributed by atoms with E-state index in [1.165, 1.54) is 0 Å². The van der Waals surface area contributed by atoms with Crippen LogP contribution < -0.4 is 5.32 Å². The van der Waals surface area contributed by atoms with Crippen LogP contribution in [0.25, 0.3) is 0 Å². The van der Waals surface area contributed by atoms with Crippen molar-refractivity contribution in [2.24, 2.45) is 5.41 Å². The quantitative estimate of drug-likeness (QED) is 0.784. The number of nitrogens with zero attached hydrogens (tertiary/aromatic N) is 1. The zero-order valence-electron chi connectivity index (χ0n) is 15.0. The topological polar surface area (TPSA) is 99.8 Å². The maximum Gasteiger partial charge on any atom is 0.258 e. The maximum absolute atomic E-state index is 13.2. The minimum absolute atomic E-state index is 0.0476. The molecule has 0 unspecified atom stereocenters. The fraction of sp³-hybridized carbons (Fsp3) is 0.632. The van der Waals surface area contributed by atoms with Crippen molar-refractivity contribution in [2.45, 2.75) is 51.6 Å². The summed E-state index contributed by atoms with van der Waals surface area (Å²) in [6.45, 7) is 2.85. The molecule has 2 amide bonds. The number of Topliss-reactive ketones (excluding diaryl/α,β-unsaturated/α-hetero) is 1. The number of fused-ring (bicyclic) bond motifs is 1. The summed E-state index contributed by atoms with van der Waals surface area (Å²) >= 11 is 0. The number of aryl methyl sites for hydroxylation is 2. The number of rotatable bonds is 1. The lowest BCUT2D eigenvalue weighted by Gasteiger charge is -2.46. The van der Waals surface area contributed by atoms with E-state index in [2.05, 4.69) is 5.32 Å². The van der Waals surface area contributed by atoms with Crippen LogP contribution >= 0.6 is 0 Å². The monoisotopic (exact) mass is 360 g/mol. The molecule has 1 spiro atoms. The Morgan fingerprint density at radius 2 is 2.12 bits per heavy atom. The molecule has 2 saturated heterocycles. The second-order valence-corrected chi connectivity index (χ2v) is 7.65. The molecule has 3 heterocycles. The Hall–Kier alpha value is -2.15. The van der Waals surface area contributed by atoms with Gasteiger partial charge in [-0.15, -0.1) is 0 Å². The Morgan fingerprint density at radius 1 is 1.31 bits per heavy atom. The summed E-state index contributed by atoms with van der Waals surface area (Å²) in [4.78, 5) is 39.7. The van der Waals surface area contributed by atoms with Gasteiger partial charge in [0.2, 0.25) is 5.91 Å². The van der Waals surface area contributed by atoms with E-state index in [4.69, 9.17) is 4.42 Å². The standard InChI is InChI=1S/C19H24N2O5/c1-11-15(16-12(22)4-2-5-13(16)26-11)17(24)21-9-6-14(23)19(10-21)7-3-8-20-18(19)25/h14,23H,2-10H2,1H3,(H,20,25)/t14-,19+/m0/s1. The molecule has 7 heteroatoms. The van der Waals surface area contributed by atoms with Crippen molar-refractivity contribution < 1.29 is 23.9 Å². The number of amides is 2. The van der Waals surface area contributed by atoms with Crippen LogP contribution in [0.2, 0.25) is 0 Å². The van der Waals surface area contributed by atoms with Gasteiger partial charge in [0.15, 0.2) is 5.78 Å². The Balaban J connectivity index is 1.66. The van der Waals surface area contributed by atoms with Gasteiger partial charge >= 0.3 is 0 Å². The number of aliphatic hydroxyl groups is 1. The van der Waals surface area contributed by atoms with Gasteiger partial charge in [0, 0.05) is 32.5 Å². The van der Waals surface area contributed by atoms with Gasteiger partial charge in [0.05, 0.1) is 22.6 Å². The Labute approximate surface area is 151 Å². The third-order valence-corrected chi connectivity index (χ3v) is 6.07. The van der Waals surface area contributed by atoms with Crippen molar-refractivity contribution in [3.8, 4) is 0 Å². The van der Waals surface area contributed by atoms with Crippen molar-refractivity contribution in [2.75, 3.05) is 19.6 Å². The molecule has 2 N–H and O–H groups in total. The zero-order chi connectivity index (χ0) is 18.5. The van der Waals surface area contributed by atoms with E-state index in [1.807, 2.05) is 0 Å². The van der Waals surface area contributed by atoms with Gasteiger partial charge < -0.3 is 19.7 Å². The highest BCUT2D eigenvalue weighted by Crippen LogP contribution is 2.39. The molecule has 3 aliphatic rings. The molecular formula is C19H24N2O5. The summed E-state index contributed by atoms with van der Waals surface area (Å²) in [5.41, 5.74) is -0.187. The van der Waals surface area contributed by atoms with E-state index >= 15 is 0 Å². The molecule has 26 heavy (non-hydrogen) atoms. The molecule has 7 nitrogen and oxygen atoms in total. The summed E-state index contributed by atoms with van der Waals surface area (Å²) in [6, 6.07) is 0. The van der Waals surface area contributed by atoms with Crippen LogP contribution in [0.15, 0.2) is 4.42 Å². The lowest BCUT2D eigenvalue weighted by molar-refractivity contribution is -0.147. The number of likely N-dealkylation sites (tertiary alicyclic amines) is 1. The van der Waals surface area contributed by atoms with Crippen LogP contribution in [0, 0.1) is 12.3 Å². The number of piperidine rings is 2. The fourth-order valence-electron chi connectivity index (χ4n) is 4.64. The summed E-state index contributed by atoms with van der Waals surface area (Å²) in [5.74, 6) is 0.560. The largest absolute Gasteiger partial charge is 0.465 e. The number of hydrogen-bond acceptors (Lipinski definition) is 5. The first-order chi connectivity index (χ1) is 12.4. The molecule has 0 bridgehead atoms. The third-order valence-electron chi connectivity index (χ3n) is 6.07. The maximum atomic E-state index is 13.2. The second kappa shape index (κ2) is 6.23. The molecule has 2 fully saturated rings. The number of carbonyl (C=O) groups excluding carboxylic acids is 3. The summed E-state index contributed by atoms with van der Waals surface area (Å²) < 4.78 is 5.70. The van der Waals surface area contributed by atoms with Gasteiger partial charge in [0.1, 0.15) is 11.5 Å². The van der Waals surface area contributed by atoms with Crippen LogP contribution in [-0.4, -0.2) is 53.3 Å². The molecule has 4 rings (SSSR count). The van der Waals surface area contributed by atoms with Crippen molar-refractivity contribution in [3.63, 3.8) is 0 Å². The molecule has 2 aliphatic heterocycles. The van der Waals surface area contributed by atoms with Gasteiger partial charge in [-0.25, -0.2) is 0 Å². The highest BCUT2D eigenvalue weighted by atomic mass is 16.3. The molecule has 2 atom stereocenters. The number of aliphatic hydroxyl groups excluding tert-OH is 1. The second-order valence-electron chi connectivity index (χ2n) is 7.65. The number of hydrogen-bond donors (Lipinski definition) is 2. The molecule has 140 valence electrons. The van der Waals surface area contributed by atoms with Crippen molar-refractivity contribution in [1.82, 2.24) is 10.2 Å². The molecule has 1 aliphatic carbocycles. The first-order valence-electron chi connectivity index (χ1n) is 9.35. The predicted molar refractivity (Wildman–Crippen MR) is 91.9 cm³/mol. The van der Waals surface area contributed by atoms with Crippen LogP contribution in [-0.2, 0) is 11.2 Å². The number of carbonyl (C=O) groups is 3. The number of nitrogens with one attached hydrogen (secondary N) is 1. The Bertz CT molecular complexity index is 783. The van der Waals surface area contributed by atoms with Gasteiger partial charge in [0.25, 0.3) is 5.91 Å². The third kappa shape index (κ3) is 2.48. The molecule has 0 saturated carbocycles. The van der Waals surface area contributed by atoms with E-state index in [0.29, 0.717) is 61.4 Å². The van der Waals surface area contributed by atoms with Crippen molar-refractivity contribution >= 4 is 17.6 Å². The van der Waals surface area contributed by atoms with Crippen LogP contribution in [0.4, 0.5) is 0 Å². The van der Waals surface area contributed by atoms with E-state index in [0.717, 1.165) is 12.8 Å². The molecular weight excluding hydrogens is 336 g/mol. The number of furan rings is 1. The van der Waals surface area contributed by atoms with Gasteiger partial charge in [-0.05, 0) is 32.6 Å². The lowest BCUT2D eigenvalue weighted by Crippen LogP contribution is -2.62. The lowest BCUT2D eigenvalue weighted by atomic mass is 9.71. The molecule has 0 aromatic carbocycles. The number of ketones is 1. The normalized spacial score (nSPS) is 28.8. The minimum Gasteiger partial charge on any atom is -0.465 e. The summed E-state index contributed by atoms with van der Waals surface area (Å²) in [5, 5.41) is 13.3. The highest BCUT2D eigenvalue weighted by molar-refractivity contribution is 6.10. The first kappa shape index (κ1) is 17.3. The SMILES string of the molecule is Cc1oc2c(c1C(=O)N1CC[C@H](O)[C@@]3(CCCNC3=O)C1)C(=O)CCC2. The average molecular weight is 360 g/mol. The minimum atomic E-state index is -0.951. The smallest absolute Gasteiger partial charge is 0.258 e. The van der Waals surface area contributed by atoms with Crippen molar-refractivity contribution in [3.05, 3.63) is 22.6 Å². The molecule has 1 aromatic rings. The fourth-order valence-corrected chi connectivity index (χ4v) is 4.64. The predicted octanol–water partition coefficient (Wildman–Crippen LogP) is 1.21. The van der Waals surface area contributed by atoms with E-state index in [1.54, 1.807) is 11.8 Å². The van der Waals surface area contributed by atoms with Crippen LogP contribution in [0.5, 0.6) is 0 Å². The summed E-state index contributed by atoms with van der Waals surface area (Å²) in [6.07, 6.45) is 2.78. The Morgan fingerprint density at radius 3 is 2.88 bits per heavy atom. The van der Waals surface area contributed by atoms with Crippen LogP contribution in [0.1, 0.15) is 64.3 Å². The zero-order valence-corrected chi connectivity index (χ0v) is 15.0. The molecule has 0 radical (unpaired) electrons. The van der Waals surface area contributed by atoms with E-state index in [9.17, 15) is 19.5 Å². The Kier molecular flexibility index (Phi) is 4.14. The van der Waals surface area contributed by atoms with Crippen molar-refractivity contribution in [1.29, 1.82) is 0 Å². The first-order valence-corrected chi connectivity index (χ1v) is 9.35. The van der Waals surface area contributed by atoms with E-state index < -0.39 is 11.5 Å². The molecule has 1 aromatic heterocycles.